The Morgan fingerprint density at radius 1 is 1.19 bits per heavy atom. The summed E-state index contributed by atoms with van der Waals surface area (Å²) in [5.74, 6) is 0. The van der Waals surface area contributed by atoms with Crippen LogP contribution in [-0.4, -0.2) is 18.6 Å². The fraction of sp³-hybridized carbons (Fsp3) is 0.0714. The lowest BCUT2D eigenvalue weighted by Crippen LogP contribution is -2.14. The van der Waals surface area contributed by atoms with Crippen molar-refractivity contribution in [3.8, 4) is 0 Å². The highest BCUT2D eigenvalue weighted by Crippen LogP contribution is 2.24. The number of H-pyrrole nitrogens is 1. The van der Waals surface area contributed by atoms with E-state index in [1.807, 2.05) is 6.07 Å². The number of nitrogens with one attached hydrogen (secondary N) is 2. The van der Waals surface area contributed by atoms with Crippen LogP contribution in [0.4, 0.5) is 5.69 Å². The van der Waals surface area contributed by atoms with Gasteiger partial charge in [-0.25, -0.2) is 8.42 Å². The molecule has 108 valence electrons. The zero-order valence-corrected chi connectivity index (χ0v) is 13.5. The predicted octanol–water partition coefficient (Wildman–Crippen LogP) is 3.43. The number of rotatable bonds is 3. The van der Waals surface area contributed by atoms with Crippen molar-refractivity contribution in [3.05, 3.63) is 52.6 Å². The molecule has 2 N–H and O–H groups in total. The van der Waals surface area contributed by atoms with Gasteiger partial charge in [-0.05, 0) is 42.8 Å². The van der Waals surface area contributed by atoms with E-state index in [2.05, 4.69) is 30.8 Å². The molecule has 0 unspecified atom stereocenters. The number of anilines is 1. The summed E-state index contributed by atoms with van der Waals surface area (Å²) in [6.45, 7) is 1.76. The van der Waals surface area contributed by atoms with Gasteiger partial charge in [0.15, 0.2) is 0 Å². The first kappa shape index (κ1) is 14.1. The van der Waals surface area contributed by atoms with Crippen molar-refractivity contribution < 1.29 is 8.42 Å². The van der Waals surface area contributed by atoms with Crippen LogP contribution in [0.15, 0.2) is 52.0 Å². The molecule has 1 aromatic heterocycles. The normalized spacial score (nSPS) is 11.7. The summed E-state index contributed by atoms with van der Waals surface area (Å²) in [6, 6.07) is 10.4. The summed E-state index contributed by atoms with van der Waals surface area (Å²) in [6.07, 6.45) is 1.65. The minimum atomic E-state index is -3.63. The van der Waals surface area contributed by atoms with Crippen LogP contribution < -0.4 is 4.72 Å². The smallest absolute Gasteiger partial charge is 0.262 e. The van der Waals surface area contributed by atoms with E-state index in [4.69, 9.17) is 0 Å². The van der Waals surface area contributed by atoms with E-state index in [9.17, 15) is 8.42 Å². The second-order valence-electron chi connectivity index (χ2n) is 4.69. The van der Waals surface area contributed by atoms with Gasteiger partial charge in [0.05, 0.1) is 16.6 Å². The van der Waals surface area contributed by atoms with Gasteiger partial charge in [0.1, 0.15) is 0 Å². The molecule has 0 bridgehead atoms. The maximum absolute atomic E-state index is 12.5. The van der Waals surface area contributed by atoms with Crippen LogP contribution in [0.5, 0.6) is 0 Å². The maximum atomic E-state index is 12.5. The van der Waals surface area contributed by atoms with Crippen LogP contribution in [0, 0.1) is 6.92 Å². The molecule has 0 atom stereocenters. The molecule has 0 saturated carbocycles. The Morgan fingerprint density at radius 2 is 2.00 bits per heavy atom. The number of hydrogen-bond donors (Lipinski definition) is 2. The van der Waals surface area contributed by atoms with Crippen LogP contribution in [0.2, 0.25) is 0 Å². The molecule has 3 aromatic rings. The quantitative estimate of drug-likeness (QED) is 0.746. The number of benzene rings is 2. The number of hydrogen-bond acceptors (Lipinski definition) is 3. The molecule has 0 fully saturated rings. The average molecular weight is 366 g/mol. The Morgan fingerprint density at radius 3 is 2.81 bits per heavy atom. The van der Waals surface area contributed by atoms with Crippen molar-refractivity contribution in [3.63, 3.8) is 0 Å². The van der Waals surface area contributed by atoms with Crippen LogP contribution in [0.25, 0.3) is 10.9 Å². The number of sulfonamides is 1. The Labute approximate surface area is 130 Å². The Kier molecular flexibility index (Phi) is 3.46. The molecular weight excluding hydrogens is 354 g/mol. The van der Waals surface area contributed by atoms with Crippen LogP contribution in [-0.2, 0) is 10.0 Å². The highest BCUT2D eigenvalue weighted by atomic mass is 79.9. The molecule has 0 amide bonds. The number of aromatic amines is 1. The first-order chi connectivity index (χ1) is 9.95. The third kappa shape index (κ3) is 2.79. The first-order valence-electron chi connectivity index (χ1n) is 6.18. The lowest BCUT2D eigenvalue weighted by molar-refractivity contribution is 0.600. The molecule has 2 aromatic carbocycles. The lowest BCUT2D eigenvalue weighted by atomic mass is 10.2. The van der Waals surface area contributed by atoms with Gasteiger partial charge >= 0.3 is 0 Å². The second-order valence-corrected chi connectivity index (χ2v) is 7.25. The summed E-state index contributed by atoms with van der Waals surface area (Å²) in [5, 5.41) is 7.59. The number of nitrogens with zero attached hydrogens (tertiary/aromatic N) is 1. The molecule has 0 saturated heterocycles. The minimum Gasteiger partial charge on any atom is -0.280 e. The van der Waals surface area contributed by atoms with Gasteiger partial charge in [0.2, 0.25) is 0 Å². The van der Waals surface area contributed by atoms with Crippen LogP contribution in [0.1, 0.15) is 5.56 Å². The van der Waals surface area contributed by atoms with E-state index in [0.717, 1.165) is 15.4 Å². The number of aryl methyl sites for hydroxylation is 1. The summed E-state index contributed by atoms with van der Waals surface area (Å²) < 4.78 is 28.3. The summed E-state index contributed by atoms with van der Waals surface area (Å²) >= 11 is 3.30. The topological polar surface area (TPSA) is 74.8 Å². The van der Waals surface area contributed by atoms with Gasteiger partial charge in [-0.2, -0.15) is 5.10 Å². The third-order valence-corrected chi connectivity index (χ3v) is 5.15. The molecule has 1 heterocycles. The van der Waals surface area contributed by atoms with Crippen molar-refractivity contribution in [2.75, 3.05) is 4.72 Å². The highest BCUT2D eigenvalue weighted by Gasteiger charge is 2.17. The van der Waals surface area contributed by atoms with Crippen molar-refractivity contribution in [1.82, 2.24) is 10.2 Å². The van der Waals surface area contributed by atoms with E-state index in [1.165, 1.54) is 0 Å². The molecule has 0 radical (unpaired) electrons. The molecule has 0 spiro atoms. The Hall–Kier alpha value is -1.86. The Balaban J connectivity index is 2.00. The van der Waals surface area contributed by atoms with Crippen molar-refractivity contribution in [2.45, 2.75) is 11.8 Å². The van der Waals surface area contributed by atoms with Gasteiger partial charge < -0.3 is 0 Å². The minimum absolute atomic E-state index is 0.254. The molecule has 3 rings (SSSR count). The van der Waals surface area contributed by atoms with Crippen LogP contribution >= 0.6 is 15.9 Å². The van der Waals surface area contributed by atoms with Gasteiger partial charge in [-0.3, -0.25) is 9.82 Å². The molecule has 7 heteroatoms. The van der Waals surface area contributed by atoms with Gasteiger partial charge in [-0.1, -0.05) is 22.0 Å². The van der Waals surface area contributed by atoms with E-state index >= 15 is 0 Å². The monoisotopic (exact) mass is 365 g/mol. The van der Waals surface area contributed by atoms with Crippen LogP contribution in [0.3, 0.4) is 0 Å². The lowest BCUT2D eigenvalue weighted by Gasteiger charge is -2.11. The average Bonchev–Trinajstić information content (AvgIpc) is 2.88. The van der Waals surface area contributed by atoms with E-state index in [-0.39, 0.29) is 4.90 Å². The highest BCUT2D eigenvalue weighted by molar-refractivity contribution is 9.10. The SMILES string of the molecule is Cc1ccc(Br)cc1S(=O)(=O)Nc1ccc2[nH]ncc2c1. The van der Waals surface area contributed by atoms with E-state index in [0.29, 0.717) is 11.3 Å². The molecule has 0 aliphatic heterocycles. The second kappa shape index (κ2) is 5.16. The largest absolute Gasteiger partial charge is 0.280 e. The van der Waals surface area contributed by atoms with Crippen molar-refractivity contribution in [2.24, 2.45) is 0 Å². The molecule has 5 nitrogen and oxygen atoms in total. The standard InChI is InChI=1S/C14H12BrN3O2S/c1-9-2-3-11(15)7-14(9)21(19,20)18-12-4-5-13-10(6-12)8-16-17-13/h2-8,18H,1H3,(H,16,17). The Bertz CT molecular complexity index is 919. The van der Waals surface area contributed by atoms with Gasteiger partial charge in [0.25, 0.3) is 10.0 Å². The summed E-state index contributed by atoms with van der Waals surface area (Å²) in [5.41, 5.74) is 2.05. The van der Waals surface area contributed by atoms with Crippen molar-refractivity contribution in [1.29, 1.82) is 0 Å². The van der Waals surface area contributed by atoms with Crippen molar-refractivity contribution >= 4 is 42.5 Å². The zero-order chi connectivity index (χ0) is 15.0. The van der Waals surface area contributed by atoms with E-state index < -0.39 is 10.0 Å². The third-order valence-electron chi connectivity index (χ3n) is 3.13. The van der Waals surface area contributed by atoms with Gasteiger partial charge in [0, 0.05) is 15.5 Å². The zero-order valence-electron chi connectivity index (χ0n) is 11.1. The van der Waals surface area contributed by atoms with Gasteiger partial charge in [-0.15, -0.1) is 0 Å². The molecular formula is C14H12BrN3O2S. The first-order valence-corrected chi connectivity index (χ1v) is 8.45. The molecule has 0 aliphatic carbocycles. The number of halogens is 1. The number of fused-ring (bicyclic) bond motifs is 1. The van der Waals surface area contributed by atoms with E-state index in [1.54, 1.807) is 43.5 Å². The summed E-state index contributed by atoms with van der Waals surface area (Å²) in [7, 11) is -3.63. The fourth-order valence-corrected chi connectivity index (χ4v) is 3.91. The molecule has 21 heavy (non-hydrogen) atoms. The fourth-order valence-electron chi connectivity index (χ4n) is 2.08. The number of aromatic nitrogens is 2. The maximum Gasteiger partial charge on any atom is 0.262 e. The predicted molar refractivity (Wildman–Crippen MR) is 85.8 cm³/mol. The summed E-state index contributed by atoms with van der Waals surface area (Å²) in [4.78, 5) is 0.254. The molecule has 0 aliphatic rings.